The Morgan fingerprint density at radius 3 is 2.80 bits per heavy atom. The molecule has 0 amide bonds. The number of ether oxygens (including phenoxy) is 2. The number of rotatable bonds is 8. The Morgan fingerprint density at radius 1 is 1.40 bits per heavy atom. The molecule has 2 rings (SSSR count). The fraction of sp³-hybridized carbons (Fsp3) is 0.611. The first-order valence-electron chi connectivity index (χ1n) is 8.73. The smallest absolute Gasteiger partial charge is 0.191 e. The lowest BCUT2D eigenvalue weighted by Gasteiger charge is -2.22. The summed E-state index contributed by atoms with van der Waals surface area (Å²) in [7, 11) is 0. The largest absolute Gasteiger partial charge is 0.491 e. The van der Waals surface area contributed by atoms with E-state index in [1.807, 2.05) is 6.92 Å². The Kier molecular flexibility index (Phi) is 7.46. The summed E-state index contributed by atoms with van der Waals surface area (Å²) in [6, 6.07) is 5.70. The molecule has 0 aromatic heterocycles. The number of halogens is 1. The molecule has 1 heterocycles. The van der Waals surface area contributed by atoms with Gasteiger partial charge in [-0.05, 0) is 51.0 Å². The fourth-order valence-corrected chi connectivity index (χ4v) is 2.55. The molecule has 0 bridgehead atoms. The lowest BCUT2D eigenvalue weighted by Crippen LogP contribution is -2.43. The van der Waals surface area contributed by atoms with Crippen LogP contribution in [0.25, 0.3) is 0 Å². The van der Waals surface area contributed by atoms with E-state index in [9.17, 15) is 9.50 Å². The van der Waals surface area contributed by atoms with Gasteiger partial charge in [0.2, 0.25) is 0 Å². The molecular formula is C18H28FN3O3. The maximum Gasteiger partial charge on any atom is 0.191 e. The van der Waals surface area contributed by atoms with Crippen LogP contribution in [0.1, 0.15) is 26.7 Å². The van der Waals surface area contributed by atoms with E-state index in [2.05, 4.69) is 22.5 Å². The predicted molar refractivity (Wildman–Crippen MR) is 95.5 cm³/mol. The summed E-state index contributed by atoms with van der Waals surface area (Å²) in [5.74, 6) is 0.841. The van der Waals surface area contributed by atoms with Crippen molar-refractivity contribution in [1.29, 1.82) is 0 Å². The minimum atomic E-state index is -0.716. The minimum Gasteiger partial charge on any atom is -0.491 e. The van der Waals surface area contributed by atoms with Crippen LogP contribution < -0.4 is 15.4 Å². The second kappa shape index (κ2) is 9.58. The van der Waals surface area contributed by atoms with E-state index >= 15 is 0 Å². The van der Waals surface area contributed by atoms with Crippen LogP contribution in [0.4, 0.5) is 4.39 Å². The van der Waals surface area contributed by atoms with Crippen molar-refractivity contribution >= 4 is 5.96 Å². The number of nitrogens with one attached hydrogen (secondary N) is 2. The van der Waals surface area contributed by atoms with E-state index < -0.39 is 6.10 Å². The van der Waals surface area contributed by atoms with E-state index in [1.54, 1.807) is 0 Å². The molecule has 2 unspecified atom stereocenters. The molecule has 0 spiro atoms. The molecule has 1 saturated heterocycles. The molecule has 140 valence electrons. The van der Waals surface area contributed by atoms with E-state index in [0.717, 1.165) is 26.0 Å². The molecule has 0 aliphatic carbocycles. The van der Waals surface area contributed by atoms with E-state index in [0.29, 0.717) is 24.8 Å². The lowest BCUT2D eigenvalue weighted by molar-refractivity contribution is 0.0283. The molecule has 25 heavy (non-hydrogen) atoms. The highest BCUT2D eigenvalue weighted by molar-refractivity contribution is 5.79. The Hall–Kier alpha value is -1.86. The first kappa shape index (κ1) is 19.5. The number of aliphatic hydroxyl groups is 1. The SMILES string of the molecule is CCNC(=NCC1(C)CCCO1)NCC(O)COc1ccc(F)cc1. The van der Waals surface area contributed by atoms with Gasteiger partial charge in [0.05, 0.1) is 12.1 Å². The zero-order chi connectivity index (χ0) is 18.1. The number of hydrogen-bond acceptors (Lipinski definition) is 4. The van der Waals surface area contributed by atoms with Crippen LogP contribution in [0.15, 0.2) is 29.3 Å². The monoisotopic (exact) mass is 353 g/mol. The van der Waals surface area contributed by atoms with Gasteiger partial charge < -0.3 is 25.2 Å². The fourth-order valence-electron chi connectivity index (χ4n) is 2.55. The van der Waals surface area contributed by atoms with Crippen LogP contribution in [-0.4, -0.2) is 55.6 Å². The second-order valence-electron chi connectivity index (χ2n) is 6.40. The zero-order valence-corrected chi connectivity index (χ0v) is 14.9. The van der Waals surface area contributed by atoms with Crippen molar-refractivity contribution in [1.82, 2.24) is 10.6 Å². The van der Waals surface area contributed by atoms with Crippen LogP contribution in [0.5, 0.6) is 5.75 Å². The van der Waals surface area contributed by atoms with Crippen molar-refractivity contribution in [2.75, 3.05) is 32.8 Å². The topological polar surface area (TPSA) is 75.1 Å². The number of nitrogens with zero attached hydrogens (tertiary/aromatic N) is 1. The van der Waals surface area contributed by atoms with E-state index in [-0.39, 0.29) is 18.0 Å². The van der Waals surface area contributed by atoms with Gasteiger partial charge in [-0.15, -0.1) is 0 Å². The van der Waals surface area contributed by atoms with Crippen molar-refractivity contribution in [3.63, 3.8) is 0 Å². The van der Waals surface area contributed by atoms with E-state index in [1.165, 1.54) is 24.3 Å². The summed E-state index contributed by atoms with van der Waals surface area (Å²) < 4.78 is 24.0. The number of guanidine groups is 1. The zero-order valence-electron chi connectivity index (χ0n) is 14.9. The molecule has 1 aliphatic heterocycles. The molecule has 1 aromatic rings. The molecule has 6 nitrogen and oxygen atoms in total. The Bertz CT molecular complexity index is 545. The van der Waals surface area contributed by atoms with Crippen molar-refractivity contribution in [3.05, 3.63) is 30.1 Å². The summed E-state index contributed by atoms with van der Waals surface area (Å²) in [5.41, 5.74) is -0.202. The van der Waals surface area contributed by atoms with Crippen molar-refractivity contribution in [2.45, 2.75) is 38.4 Å². The van der Waals surface area contributed by atoms with Crippen molar-refractivity contribution in [2.24, 2.45) is 4.99 Å². The normalized spacial score (nSPS) is 21.8. The van der Waals surface area contributed by atoms with Crippen molar-refractivity contribution < 1.29 is 19.0 Å². The van der Waals surface area contributed by atoms with Gasteiger partial charge in [-0.25, -0.2) is 4.39 Å². The molecular weight excluding hydrogens is 325 g/mol. The van der Waals surface area contributed by atoms with Gasteiger partial charge in [0.1, 0.15) is 24.3 Å². The third kappa shape index (κ3) is 6.88. The van der Waals surface area contributed by atoms with Gasteiger partial charge in [-0.2, -0.15) is 0 Å². The molecule has 1 aliphatic rings. The predicted octanol–water partition coefficient (Wildman–Crippen LogP) is 1.69. The van der Waals surface area contributed by atoms with Crippen LogP contribution in [0, 0.1) is 5.82 Å². The summed E-state index contributed by atoms with van der Waals surface area (Å²) in [5, 5.41) is 16.3. The first-order valence-corrected chi connectivity index (χ1v) is 8.73. The molecule has 7 heteroatoms. The molecule has 1 fully saturated rings. The summed E-state index contributed by atoms with van der Waals surface area (Å²) in [6.07, 6.45) is 1.35. The van der Waals surface area contributed by atoms with Gasteiger partial charge in [0.15, 0.2) is 5.96 Å². The number of aliphatic imine (C=N–C) groups is 1. The summed E-state index contributed by atoms with van der Waals surface area (Å²) in [6.45, 7) is 6.55. The van der Waals surface area contributed by atoms with Gasteiger partial charge in [0.25, 0.3) is 0 Å². The van der Waals surface area contributed by atoms with Gasteiger partial charge in [-0.1, -0.05) is 0 Å². The highest BCUT2D eigenvalue weighted by Gasteiger charge is 2.29. The third-order valence-electron chi connectivity index (χ3n) is 3.98. The third-order valence-corrected chi connectivity index (χ3v) is 3.98. The first-order chi connectivity index (χ1) is 12.0. The second-order valence-corrected chi connectivity index (χ2v) is 6.40. The average molecular weight is 353 g/mol. The summed E-state index contributed by atoms with van der Waals surface area (Å²) in [4.78, 5) is 4.54. The van der Waals surface area contributed by atoms with Crippen LogP contribution >= 0.6 is 0 Å². The molecule has 2 atom stereocenters. The molecule has 3 N–H and O–H groups in total. The molecule has 1 aromatic carbocycles. The average Bonchev–Trinajstić information content (AvgIpc) is 3.04. The lowest BCUT2D eigenvalue weighted by atomic mass is 10.0. The number of aliphatic hydroxyl groups excluding tert-OH is 1. The van der Waals surface area contributed by atoms with Gasteiger partial charge >= 0.3 is 0 Å². The highest BCUT2D eigenvalue weighted by Crippen LogP contribution is 2.24. The quantitative estimate of drug-likeness (QED) is 0.490. The van der Waals surface area contributed by atoms with Gasteiger partial charge in [-0.3, -0.25) is 4.99 Å². The minimum absolute atomic E-state index is 0.110. The summed E-state index contributed by atoms with van der Waals surface area (Å²) >= 11 is 0. The molecule has 0 saturated carbocycles. The molecule has 0 radical (unpaired) electrons. The number of benzene rings is 1. The number of hydrogen-bond donors (Lipinski definition) is 3. The van der Waals surface area contributed by atoms with Crippen molar-refractivity contribution in [3.8, 4) is 5.75 Å². The van der Waals surface area contributed by atoms with Crippen LogP contribution in [0.2, 0.25) is 0 Å². The maximum absolute atomic E-state index is 12.8. The Labute approximate surface area is 148 Å². The van der Waals surface area contributed by atoms with Crippen LogP contribution in [-0.2, 0) is 4.74 Å². The Balaban J connectivity index is 1.75. The maximum atomic E-state index is 12.8. The van der Waals surface area contributed by atoms with E-state index in [4.69, 9.17) is 9.47 Å². The standard InChI is InChI=1S/C18H28FN3O3/c1-3-20-17(22-13-18(2)9-4-10-25-18)21-11-15(23)12-24-16-7-5-14(19)6-8-16/h5-8,15,23H,3-4,9-13H2,1-2H3,(H2,20,21,22). The van der Waals surface area contributed by atoms with Gasteiger partial charge in [0, 0.05) is 19.7 Å². The highest BCUT2D eigenvalue weighted by atomic mass is 19.1. The van der Waals surface area contributed by atoms with Crippen LogP contribution in [0.3, 0.4) is 0 Å². The Morgan fingerprint density at radius 2 is 2.16 bits per heavy atom.